The van der Waals surface area contributed by atoms with Gasteiger partial charge in [0.05, 0.1) is 13.0 Å². The minimum Gasteiger partial charge on any atom is -0.493 e. The van der Waals surface area contributed by atoms with E-state index in [1.165, 1.54) is 12.1 Å². The van der Waals surface area contributed by atoms with Crippen LogP contribution in [0.3, 0.4) is 0 Å². The van der Waals surface area contributed by atoms with E-state index >= 15 is 0 Å². The standard InChI is InChI=1S/C12H14FNO3/c13-8-1-2-9-10(5-8)17-4-3-12(9,7-14)6-11(15)16/h1-2,5H,3-4,6-7,14H2,(H,15,16). The molecule has 1 atom stereocenters. The van der Waals surface area contributed by atoms with Crippen molar-refractivity contribution in [2.45, 2.75) is 18.3 Å². The first-order chi connectivity index (χ1) is 8.07. The molecule has 0 fully saturated rings. The Bertz CT molecular complexity index is 449. The third kappa shape index (κ3) is 2.10. The second-order valence-electron chi connectivity index (χ2n) is 4.29. The van der Waals surface area contributed by atoms with E-state index < -0.39 is 17.2 Å². The smallest absolute Gasteiger partial charge is 0.304 e. The van der Waals surface area contributed by atoms with Crippen LogP contribution in [0, 0.1) is 5.82 Å². The molecule has 3 N–H and O–H groups in total. The average Bonchev–Trinajstić information content (AvgIpc) is 2.28. The van der Waals surface area contributed by atoms with Gasteiger partial charge in [-0.15, -0.1) is 0 Å². The first-order valence-electron chi connectivity index (χ1n) is 5.42. The number of aliphatic carboxylic acids is 1. The van der Waals surface area contributed by atoms with Gasteiger partial charge >= 0.3 is 5.97 Å². The number of hydrogen-bond donors (Lipinski definition) is 2. The summed E-state index contributed by atoms with van der Waals surface area (Å²) in [5, 5.41) is 8.97. The number of benzene rings is 1. The molecule has 2 rings (SSSR count). The number of nitrogens with two attached hydrogens (primary N) is 1. The fourth-order valence-electron chi connectivity index (χ4n) is 2.30. The van der Waals surface area contributed by atoms with Crippen LogP contribution in [0.4, 0.5) is 4.39 Å². The minimum absolute atomic E-state index is 0.0640. The third-order valence-corrected chi connectivity index (χ3v) is 3.23. The first-order valence-corrected chi connectivity index (χ1v) is 5.42. The summed E-state index contributed by atoms with van der Waals surface area (Å²) < 4.78 is 18.4. The van der Waals surface area contributed by atoms with E-state index in [0.29, 0.717) is 24.3 Å². The molecular formula is C12H14FNO3. The Labute approximate surface area is 98.2 Å². The highest BCUT2D eigenvalue weighted by Crippen LogP contribution is 2.40. The molecule has 5 heteroatoms. The highest BCUT2D eigenvalue weighted by atomic mass is 19.1. The molecule has 0 aliphatic carbocycles. The van der Waals surface area contributed by atoms with Crippen LogP contribution in [0.1, 0.15) is 18.4 Å². The number of rotatable bonds is 3. The molecule has 0 spiro atoms. The summed E-state index contributed by atoms with van der Waals surface area (Å²) in [6.07, 6.45) is 0.472. The van der Waals surface area contributed by atoms with Gasteiger partial charge in [0.15, 0.2) is 0 Å². The minimum atomic E-state index is -0.910. The molecule has 0 aromatic heterocycles. The van der Waals surface area contributed by atoms with Gasteiger partial charge in [0.1, 0.15) is 11.6 Å². The largest absolute Gasteiger partial charge is 0.493 e. The molecule has 1 aromatic rings. The van der Waals surface area contributed by atoms with E-state index in [2.05, 4.69) is 0 Å². The fraction of sp³-hybridized carbons (Fsp3) is 0.417. The van der Waals surface area contributed by atoms with Crippen LogP contribution in [0.15, 0.2) is 18.2 Å². The van der Waals surface area contributed by atoms with Gasteiger partial charge in [-0.05, 0) is 12.5 Å². The lowest BCUT2D eigenvalue weighted by molar-refractivity contribution is -0.138. The van der Waals surface area contributed by atoms with Crippen LogP contribution < -0.4 is 10.5 Å². The van der Waals surface area contributed by atoms with Crippen molar-refractivity contribution in [3.63, 3.8) is 0 Å². The van der Waals surface area contributed by atoms with Crippen LogP contribution in [0.5, 0.6) is 5.75 Å². The predicted octanol–water partition coefficient (Wildman–Crippen LogP) is 1.28. The summed E-state index contributed by atoms with van der Waals surface area (Å²) in [5.74, 6) is -0.900. The summed E-state index contributed by atoms with van der Waals surface area (Å²) in [5.41, 5.74) is 5.77. The summed E-state index contributed by atoms with van der Waals surface area (Å²) in [6, 6.07) is 4.15. The van der Waals surface area contributed by atoms with E-state index in [1.807, 2.05) is 0 Å². The Kier molecular flexibility index (Phi) is 3.02. The Morgan fingerprint density at radius 2 is 2.35 bits per heavy atom. The summed E-state index contributed by atoms with van der Waals surface area (Å²) >= 11 is 0. The third-order valence-electron chi connectivity index (χ3n) is 3.23. The molecule has 0 saturated heterocycles. The van der Waals surface area contributed by atoms with Crippen molar-refractivity contribution in [3.05, 3.63) is 29.6 Å². The van der Waals surface area contributed by atoms with Crippen LogP contribution in [-0.2, 0) is 10.2 Å². The SMILES string of the molecule is NCC1(CC(=O)O)CCOc2cc(F)ccc21. The van der Waals surface area contributed by atoms with E-state index in [0.717, 1.165) is 0 Å². The van der Waals surface area contributed by atoms with Gasteiger partial charge in [-0.1, -0.05) is 6.07 Å². The number of carboxylic acids is 1. The van der Waals surface area contributed by atoms with Crippen molar-refractivity contribution in [3.8, 4) is 5.75 Å². The Morgan fingerprint density at radius 1 is 1.59 bits per heavy atom. The van der Waals surface area contributed by atoms with Crippen LogP contribution in [0.25, 0.3) is 0 Å². The van der Waals surface area contributed by atoms with E-state index in [9.17, 15) is 9.18 Å². The number of halogens is 1. The average molecular weight is 239 g/mol. The lowest BCUT2D eigenvalue weighted by Gasteiger charge is -2.36. The van der Waals surface area contributed by atoms with E-state index in [1.54, 1.807) is 6.07 Å². The van der Waals surface area contributed by atoms with Gasteiger partial charge in [-0.3, -0.25) is 4.79 Å². The number of carbonyl (C=O) groups is 1. The number of carboxylic acid groups (broad SMARTS) is 1. The molecule has 92 valence electrons. The first kappa shape index (κ1) is 11.9. The molecule has 0 saturated carbocycles. The van der Waals surface area contributed by atoms with Gasteiger partial charge < -0.3 is 15.6 Å². The maximum atomic E-state index is 13.1. The molecule has 1 aliphatic heterocycles. The fourth-order valence-corrected chi connectivity index (χ4v) is 2.30. The maximum absolute atomic E-state index is 13.1. The lowest BCUT2D eigenvalue weighted by atomic mass is 9.73. The summed E-state index contributed by atoms with van der Waals surface area (Å²) in [4.78, 5) is 10.9. The molecule has 0 radical (unpaired) electrons. The highest BCUT2D eigenvalue weighted by Gasteiger charge is 2.38. The Morgan fingerprint density at radius 3 is 3.00 bits per heavy atom. The molecule has 1 unspecified atom stereocenters. The van der Waals surface area contributed by atoms with E-state index in [4.69, 9.17) is 15.6 Å². The molecule has 0 amide bonds. The second kappa shape index (κ2) is 4.33. The van der Waals surface area contributed by atoms with Gasteiger partial charge in [-0.25, -0.2) is 4.39 Å². The number of ether oxygens (including phenoxy) is 1. The van der Waals surface area contributed by atoms with Crippen molar-refractivity contribution < 1.29 is 19.0 Å². The molecule has 1 aromatic carbocycles. The molecule has 1 heterocycles. The lowest BCUT2D eigenvalue weighted by Crippen LogP contribution is -2.41. The van der Waals surface area contributed by atoms with Gasteiger partial charge in [-0.2, -0.15) is 0 Å². The molecule has 4 nitrogen and oxygen atoms in total. The normalized spacial score (nSPS) is 22.7. The van der Waals surface area contributed by atoms with Crippen LogP contribution >= 0.6 is 0 Å². The quantitative estimate of drug-likeness (QED) is 0.833. The van der Waals surface area contributed by atoms with Crippen molar-refractivity contribution in [1.29, 1.82) is 0 Å². The summed E-state index contributed by atoms with van der Waals surface area (Å²) in [7, 11) is 0. The molecule has 17 heavy (non-hydrogen) atoms. The van der Waals surface area contributed by atoms with Gasteiger partial charge in [0.25, 0.3) is 0 Å². The van der Waals surface area contributed by atoms with Crippen LogP contribution in [-0.4, -0.2) is 24.2 Å². The highest BCUT2D eigenvalue weighted by molar-refractivity contribution is 5.70. The Hall–Kier alpha value is -1.62. The molecule has 1 aliphatic rings. The zero-order valence-electron chi connectivity index (χ0n) is 9.28. The van der Waals surface area contributed by atoms with Crippen molar-refractivity contribution in [2.75, 3.05) is 13.2 Å². The van der Waals surface area contributed by atoms with Gasteiger partial charge in [0, 0.05) is 23.6 Å². The second-order valence-corrected chi connectivity index (χ2v) is 4.29. The molecular weight excluding hydrogens is 225 g/mol. The molecule has 0 bridgehead atoms. The number of hydrogen-bond acceptors (Lipinski definition) is 3. The topological polar surface area (TPSA) is 72.6 Å². The number of fused-ring (bicyclic) bond motifs is 1. The monoisotopic (exact) mass is 239 g/mol. The van der Waals surface area contributed by atoms with Gasteiger partial charge in [0.2, 0.25) is 0 Å². The van der Waals surface area contributed by atoms with Crippen molar-refractivity contribution in [1.82, 2.24) is 0 Å². The predicted molar refractivity (Wildman–Crippen MR) is 59.5 cm³/mol. The van der Waals surface area contributed by atoms with Crippen LogP contribution in [0.2, 0.25) is 0 Å². The van der Waals surface area contributed by atoms with Crippen molar-refractivity contribution >= 4 is 5.97 Å². The zero-order chi connectivity index (χ0) is 12.5. The van der Waals surface area contributed by atoms with E-state index in [-0.39, 0.29) is 13.0 Å². The summed E-state index contributed by atoms with van der Waals surface area (Å²) in [6.45, 7) is 0.572. The maximum Gasteiger partial charge on any atom is 0.304 e. The zero-order valence-corrected chi connectivity index (χ0v) is 9.28. The van der Waals surface area contributed by atoms with Crippen molar-refractivity contribution in [2.24, 2.45) is 5.73 Å². The Balaban J connectivity index is 2.47.